The molecule has 1 atom stereocenters. The molecule has 1 nitrogen and oxygen atoms in total. The maximum atomic E-state index is 12.3. The highest BCUT2D eigenvalue weighted by Gasteiger charge is 2.36. The lowest BCUT2D eigenvalue weighted by atomic mass is 10.0. The smallest absolute Gasteiger partial charge is 0.310 e. The third-order valence-corrected chi connectivity index (χ3v) is 3.87. The van der Waals surface area contributed by atoms with E-state index in [2.05, 4.69) is 43.4 Å². The van der Waals surface area contributed by atoms with Crippen molar-refractivity contribution in [2.45, 2.75) is 45.6 Å². The van der Waals surface area contributed by atoms with E-state index in [-0.39, 0.29) is 18.1 Å². The van der Waals surface area contributed by atoms with Gasteiger partial charge in [0.15, 0.2) is 0 Å². The number of rotatable bonds is 4. The molecule has 0 aliphatic carbocycles. The molecule has 27 heavy (non-hydrogen) atoms. The first-order chi connectivity index (χ1) is 12.5. The van der Waals surface area contributed by atoms with Crippen molar-refractivity contribution in [2.24, 2.45) is 0 Å². The maximum absolute atomic E-state index is 12.3. The Bertz CT molecular complexity index is 660. The van der Waals surface area contributed by atoms with Gasteiger partial charge < -0.3 is 5.32 Å². The second-order valence-electron chi connectivity index (χ2n) is 5.96. The average molecular weight is 391 g/mol. The third kappa shape index (κ3) is 7.62. The van der Waals surface area contributed by atoms with E-state index in [1.54, 1.807) is 0 Å². The molecule has 0 unspecified atom stereocenters. The Hall–Kier alpha value is -2.02. The summed E-state index contributed by atoms with van der Waals surface area (Å²) >= 11 is 0. The van der Waals surface area contributed by atoms with Gasteiger partial charge >= 0.3 is 12.4 Å². The third-order valence-electron chi connectivity index (χ3n) is 3.87. The monoisotopic (exact) mass is 391 g/mol. The molecular weight excluding hydrogens is 368 g/mol. The molecule has 0 aliphatic heterocycles. The van der Waals surface area contributed by atoms with Crippen LogP contribution in [0.15, 0.2) is 48.5 Å². The van der Waals surface area contributed by atoms with Crippen LogP contribution in [0.2, 0.25) is 0 Å². The molecule has 0 aliphatic rings. The number of hydrogen-bond donors (Lipinski definition) is 1. The lowest BCUT2D eigenvalue weighted by Gasteiger charge is -2.13. The largest absolute Gasteiger partial charge is 0.416 e. The van der Waals surface area contributed by atoms with Crippen LogP contribution in [0.5, 0.6) is 0 Å². The number of aryl methyl sites for hydroxylation is 1. The topological polar surface area (TPSA) is 12.0 Å². The molecule has 7 heteroatoms. The summed E-state index contributed by atoms with van der Waals surface area (Å²) in [7, 11) is 0. The highest BCUT2D eigenvalue weighted by Crippen LogP contribution is 2.36. The molecule has 2 aromatic carbocycles. The van der Waals surface area contributed by atoms with Crippen molar-refractivity contribution < 1.29 is 26.3 Å². The van der Waals surface area contributed by atoms with Crippen molar-refractivity contribution in [3.8, 4) is 0 Å². The Morgan fingerprint density at radius 2 is 1.30 bits per heavy atom. The zero-order valence-corrected chi connectivity index (χ0v) is 15.4. The van der Waals surface area contributed by atoms with Crippen molar-refractivity contribution in [2.75, 3.05) is 6.54 Å². The molecule has 2 aromatic rings. The highest BCUT2D eigenvalue weighted by atomic mass is 19.4. The summed E-state index contributed by atoms with van der Waals surface area (Å²) < 4.78 is 73.8. The van der Waals surface area contributed by atoms with Crippen LogP contribution in [-0.4, -0.2) is 6.54 Å². The first-order valence-corrected chi connectivity index (χ1v) is 8.55. The van der Waals surface area contributed by atoms with Gasteiger partial charge in [0.1, 0.15) is 0 Å². The standard InChI is InChI=1S/C10H8F6.C10H15N/c1-2-6-3-7(9(11,12)13)5-8(4-6)10(14,15)16;1-3-11-9(2)10-7-5-4-6-8-10/h3-5H,2H2,1H3;4-9,11H,3H2,1-2H3/t;9-/m.1/s1. The van der Waals surface area contributed by atoms with E-state index in [0.29, 0.717) is 6.04 Å². The summed E-state index contributed by atoms with van der Waals surface area (Å²) in [5, 5.41) is 3.36. The van der Waals surface area contributed by atoms with Gasteiger partial charge in [0.05, 0.1) is 11.1 Å². The molecular formula is C20H23F6N. The fourth-order valence-electron chi connectivity index (χ4n) is 2.39. The first-order valence-electron chi connectivity index (χ1n) is 8.55. The predicted octanol–water partition coefficient (Wildman–Crippen LogP) is 6.64. The molecule has 0 spiro atoms. The van der Waals surface area contributed by atoms with E-state index in [9.17, 15) is 26.3 Å². The second-order valence-corrected chi connectivity index (χ2v) is 5.96. The van der Waals surface area contributed by atoms with Crippen LogP contribution < -0.4 is 5.32 Å². The Balaban J connectivity index is 0.000000289. The Labute approximate surface area is 155 Å². The number of hydrogen-bond acceptors (Lipinski definition) is 1. The number of nitrogens with one attached hydrogen (secondary N) is 1. The van der Waals surface area contributed by atoms with E-state index in [0.717, 1.165) is 18.7 Å². The number of benzene rings is 2. The van der Waals surface area contributed by atoms with Gasteiger partial charge in [0, 0.05) is 6.04 Å². The van der Waals surface area contributed by atoms with Crippen molar-refractivity contribution in [3.63, 3.8) is 0 Å². The summed E-state index contributed by atoms with van der Waals surface area (Å²) in [6.45, 7) is 6.82. The summed E-state index contributed by atoms with van der Waals surface area (Å²) in [5.41, 5.74) is -1.16. The van der Waals surface area contributed by atoms with Crippen LogP contribution in [0.3, 0.4) is 0 Å². The summed E-state index contributed by atoms with van der Waals surface area (Å²) in [4.78, 5) is 0. The van der Waals surface area contributed by atoms with Gasteiger partial charge in [0.25, 0.3) is 0 Å². The Morgan fingerprint density at radius 3 is 1.67 bits per heavy atom. The molecule has 0 heterocycles. The average Bonchev–Trinajstić information content (AvgIpc) is 2.61. The van der Waals surface area contributed by atoms with Gasteiger partial charge in [-0.15, -0.1) is 0 Å². The van der Waals surface area contributed by atoms with Gasteiger partial charge in [-0.25, -0.2) is 0 Å². The van der Waals surface area contributed by atoms with E-state index in [1.165, 1.54) is 12.5 Å². The van der Waals surface area contributed by atoms with Crippen molar-refractivity contribution >= 4 is 0 Å². The lowest BCUT2D eigenvalue weighted by Crippen LogP contribution is -2.17. The van der Waals surface area contributed by atoms with Gasteiger partial charge in [-0.2, -0.15) is 26.3 Å². The minimum atomic E-state index is -4.76. The quantitative estimate of drug-likeness (QED) is 0.576. The lowest BCUT2D eigenvalue weighted by molar-refractivity contribution is -0.143. The van der Waals surface area contributed by atoms with E-state index in [1.807, 2.05) is 6.07 Å². The summed E-state index contributed by atoms with van der Waals surface area (Å²) in [6.07, 6.45) is -9.40. The van der Waals surface area contributed by atoms with Crippen LogP contribution in [-0.2, 0) is 18.8 Å². The predicted molar refractivity (Wildman–Crippen MR) is 94.4 cm³/mol. The summed E-state index contributed by atoms with van der Waals surface area (Å²) in [5.74, 6) is 0. The van der Waals surface area contributed by atoms with Gasteiger partial charge in [-0.1, -0.05) is 44.2 Å². The van der Waals surface area contributed by atoms with Gasteiger partial charge in [0.2, 0.25) is 0 Å². The fraction of sp³-hybridized carbons (Fsp3) is 0.400. The van der Waals surface area contributed by atoms with Crippen molar-refractivity contribution in [1.82, 2.24) is 5.32 Å². The molecule has 0 saturated carbocycles. The number of alkyl halides is 6. The molecule has 0 fully saturated rings. The molecule has 0 amide bonds. The van der Waals surface area contributed by atoms with Gasteiger partial charge in [-0.3, -0.25) is 0 Å². The van der Waals surface area contributed by atoms with Crippen molar-refractivity contribution in [3.05, 3.63) is 70.8 Å². The molecule has 0 radical (unpaired) electrons. The molecule has 1 N–H and O–H groups in total. The van der Waals surface area contributed by atoms with Crippen LogP contribution in [0, 0.1) is 0 Å². The Morgan fingerprint density at radius 1 is 0.815 bits per heavy atom. The zero-order chi connectivity index (χ0) is 20.7. The zero-order valence-electron chi connectivity index (χ0n) is 15.4. The first kappa shape index (κ1) is 23.0. The van der Waals surface area contributed by atoms with E-state index >= 15 is 0 Å². The van der Waals surface area contributed by atoms with Crippen LogP contribution in [0.1, 0.15) is 49.1 Å². The minimum absolute atomic E-state index is 0.0159. The van der Waals surface area contributed by atoms with Crippen LogP contribution in [0.4, 0.5) is 26.3 Å². The highest BCUT2D eigenvalue weighted by molar-refractivity contribution is 5.33. The fourth-order valence-corrected chi connectivity index (χ4v) is 2.39. The summed E-state index contributed by atoms with van der Waals surface area (Å²) in [6, 6.07) is 12.5. The van der Waals surface area contributed by atoms with Crippen molar-refractivity contribution in [1.29, 1.82) is 0 Å². The normalized spacial score (nSPS) is 12.9. The van der Waals surface area contributed by atoms with Gasteiger partial charge in [-0.05, 0) is 49.2 Å². The Kier molecular flexibility index (Phi) is 8.34. The number of halogens is 6. The molecule has 2 rings (SSSR count). The van der Waals surface area contributed by atoms with Crippen LogP contribution >= 0.6 is 0 Å². The van der Waals surface area contributed by atoms with Crippen LogP contribution in [0.25, 0.3) is 0 Å². The maximum Gasteiger partial charge on any atom is 0.416 e. The minimum Gasteiger partial charge on any atom is -0.310 e. The molecule has 0 saturated heterocycles. The molecule has 0 bridgehead atoms. The van der Waals surface area contributed by atoms with E-state index < -0.39 is 23.5 Å². The second kappa shape index (κ2) is 9.78. The molecule has 0 aromatic heterocycles. The SMILES string of the molecule is CCN[C@H](C)c1ccccc1.CCc1cc(C(F)(F)F)cc(C(F)(F)F)c1. The molecule has 150 valence electrons. The van der Waals surface area contributed by atoms with E-state index in [4.69, 9.17) is 0 Å².